The first-order valence-corrected chi connectivity index (χ1v) is 10.0. The van der Waals surface area contributed by atoms with Gasteiger partial charge >= 0.3 is 5.97 Å². The van der Waals surface area contributed by atoms with Crippen LogP contribution in [0.1, 0.15) is 16.6 Å². The summed E-state index contributed by atoms with van der Waals surface area (Å²) in [5.74, 6) is -3.16. The van der Waals surface area contributed by atoms with Gasteiger partial charge in [-0.05, 0) is 25.3 Å². The van der Waals surface area contributed by atoms with Gasteiger partial charge in [0, 0.05) is 6.07 Å². The second kappa shape index (κ2) is 7.45. The second-order valence-electron chi connectivity index (χ2n) is 4.26. The summed E-state index contributed by atoms with van der Waals surface area (Å²) in [5, 5.41) is 0. The summed E-state index contributed by atoms with van der Waals surface area (Å²) in [6, 6.07) is 2.06. The fourth-order valence-corrected chi connectivity index (χ4v) is 4.22. The third kappa shape index (κ3) is 4.02. The van der Waals surface area contributed by atoms with Crippen molar-refractivity contribution in [3.63, 3.8) is 0 Å². The van der Waals surface area contributed by atoms with Gasteiger partial charge in [0.25, 0.3) is 10.0 Å². The van der Waals surface area contributed by atoms with Crippen LogP contribution in [0.5, 0.6) is 0 Å². The number of rotatable bonds is 6. The number of nitrogens with one attached hydrogen (secondary N) is 1. The number of halogens is 2. The molecule has 1 N–H and O–H groups in total. The Hall–Kier alpha value is -1.72. The molecule has 0 unspecified atom stereocenters. The second-order valence-corrected chi connectivity index (χ2v) is 7.97. The number of hydrogen-bond donors (Lipinski definition) is 1. The molecule has 0 aliphatic heterocycles. The Morgan fingerprint density at radius 1 is 1.42 bits per heavy atom. The van der Waals surface area contributed by atoms with Crippen LogP contribution in [-0.2, 0) is 14.8 Å². The highest BCUT2D eigenvalue weighted by atomic mass is 32.2. The molecular formula is C13H12F2N2O4S3. The van der Waals surface area contributed by atoms with Gasteiger partial charge in [0.05, 0.1) is 6.61 Å². The van der Waals surface area contributed by atoms with E-state index < -0.39 is 32.5 Å². The first-order valence-electron chi connectivity index (χ1n) is 6.48. The van der Waals surface area contributed by atoms with Crippen molar-refractivity contribution in [2.45, 2.75) is 16.2 Å². The molecule has 0 aliphatic rings. The van der Waals surface area contributed by atoms with E-state index in [1.165, 1.54) is 11.8 Å². The van der Waals surface area contributed by atoms with Gasteiger partial charge in [-0.1, -0.05) is 23.1 Å². The number of thiazole rings is 1. The average Bonchev–Trinajstić information content (AvgIpc) is 2.89. The van der Waals surface area contributed by atoms with Gasteiger partial charge in [0.2, 0.25) is 0 Å². The van der Waals surface area contributed by atoms with Crippen molar-refractivity contribution < 1.29 is 26.7 Å². The summed E-state index contributed by atoms with van der Waals surface area (Å²) in [6.07, 6.45) is 1.70. The highest BCUT2D eigenvalue weighted by Crippen LogP contribution is 2.31. The molecule has 0 saturated heterocycles. The number of ether oxygens (including phenoxy) is 1. The lowest BCUT2D eigenvalue weighted by molar-refractivity contribution is 0.0533. The molecule has 0 amide bonds. The Bertz CT molecular complexity index is 868. The van der Waals surface area contributed by atoms with Crippen molar-refractivity contribution in [1.29, 1.82) is 0 Å². The van der Waals surface area contributed by atoms with Crippen molar-refractivity contribution in [3.05, 3.63) is 34.7 Å². The molecule has 24 heavy (non-hydrogen) atoms. The predicted octanol–water partition coefficient (Wildman–Crippen LogP) is 3.12. The summed E-state index contributed by atoms with van der Waals surface area (Å²) in [6.45, 7) is 1.70. The van der Waals surface area contributed by atoms with E-state index in [0.29, 0.717) is 10.4 Å². The first-order chi connectivity index (χ1) is 11.3. The number of carbonyl (C=O) groups excluding carboxylic acids is 1. The molecule has 2 aromatic rings. The van der Waals surface area contributed by atoms with E-state index in [4.69, 9.17) is 4.74 Å². The zero-order valence-electron chi connectivity index (χ0n) is 12.5. The molecule has 0 atom stereocenters. The van der Waals surface area contributed by atoms with E-state index in [1.54, 1.807) is 13.2 Å². The van der Waals surface area contributed by atoms with E-state index in [9.17, 15) is 22.0 Å². The fraction of sp³-hybridized carbons (Fsp3) is 0.231. The van der Waals surface area contributed by atoms with Gasteiger partial charge in [0.15, 0.2) is 15.0 Å². The minimum atomic E-state index is -4.39. The minimum Gasteiger partial charge on any atom is -0.462 e. The largest absolute Gasteiger partial charge is 0.462 e. The summed E-state index contributed by atoms with van der Waals surface area (Å²) in [5.41, 5.74) is 0. The van der Waals surface area contributed by atoms with Crippen LogP contribution in [-0.4, -0.2) is 32.2 Å². The lowest BCUT2D eigenvalue weighted by Crippen LogP contribution is -2.17. The predicted molar refractivity (Wildman–Crippen MR) is 87.0 cm³/mol. The van der Waals surface area contributed by atoms with Gasteiger partial charge in [0.1, 0.15) is 16.5 Å². The minimum absolute atomic E-state index is 0.0488. The third-order valence-corrected chi connectivity index (χ3v) is 6.05. The third-order valence-electron chi connectivity index (χ3n) is 2.66. The maximum Gasteiger partial charge on any atom is 0.352 e. The fourth-order valence-electron chi connectivity index (χ4n) is 1.67. The van der Waals surface area contributed by atoms with Crippen molar-refractivity contribution in [2.24, 2.45) is 0 Å². The molecule has 0 spiro atoms. The van der Waals surface area contributed by atoms with Crippen LogP contribution in [0.3, 0.4) is 0 Å². The SMILES string of the molecule is CCOC(=O)c1sc(SC)nc1NS(=O)(=O)c1ccc(F)cc1F. The van der Waals surface area contributed by atoms with Crippen LogP contribution in [0.25, 0.3) is 0 Å². The van der Waals surface area contributed by atoms with Crippen LogP contribution in [0, 0.1) is 11.6 Å². The monoisotopic (exact) mass is 394 g/mol. The lowest BCUT2D eigenvalue weighted by Gasteiger charge is -2.08. The van der Waals surface area contributed by atoms with Crippen LogP contribution >= 0.6 is 23.1 Å². The molecule has 1 aromatic heterocycles. The molecule has 1 aromatic carbocycles. The summed E-state index contributed by atoms with van der Waals surface area (Å²) < 4.78 is 58.6. The van der Waals surface area contributed by atoms with Crippen LogP contribution in [0.4, 0.5) is 14.6 Å². The number of anilines is 1. The molecule has 11 heteroatoms. The van der Waals surface area contributed by atoms with E-state index in [1.807, 2.05) is 0 Å². The summed E-state index contributed by atoms with van der Waals surface area (Å²) in [7, 11) is -4.39. The summed E-state index contributed by atoms with van der Waals surface area (Å²) in [4.78, 5) is 15.1. The standard InChI is InChI=1S/C13H12F2N2O4S3/c1-3-21-12(18)10-11(16-13(22-2)23-10)17-24(19,20)9-5-4-7(14)6-8(9)15/h4-6,17H,3H2,1-2H3. The number of carbonyl (C=O) groups is 1. The van der Waals surface area contributed by atoms with Crippen LogP contribution < -0.4 is 4.72 Å². The normalized spacial score (nSPS) is 11.3. The first kappa shape index (κ1) is 18.6. The maximum atomic E-state index is 13.7. The lowest BCUT2D eigenvalue weighted by atomic mass is 10.3. The van der Waals surface area contributed by atoms with Gasteiger partial charge < -0.3 is 4.74 Å². The van der Waals surface area contributed by atoms with Crippen LogP contribution in [0.2, 0.25) is 0 Å². The molecule has 1 heterocycles. The molecular weight excluding hydrogens is 382 g/mol. The van der Waals surface area contributed by atoms with E-state index >= 15 is 0 Å². The Morgan fingerprint density at radius 3 is 2.71 bits per heavy atom. The number of nitrogens with zero attached hydrogens (tertiary/aromatic N) is 1. The molecule has 0 bridgehead atoms. The van der Waals surface area contributed by atoms with Crippen LogP contribution in [0.15, 0.2) is 27.4 Å². The number of thioether (sulfide) groups is 1. The van der Waals surface area contributed by atoms with E-state index in [-0.39, 0.29) is 17.3 Å². The van der Waals surface area contributed by atoms with E-state index in [2.05, 4.69) is 9.71 Å². The van der Waals surface area contributed by atoms with Gasteiger partial charge in [-0.2, -0.15) is 0 Å². The van der Waals surface area contributed by atoms with Crippen molar-refractivity contribution in [2.75, 3.05) is 17.6 Å². The molecule has 6 nitrogen and oxygen atoms in total. The number of hydrogen-bond acceptors (Lipinski definition) is 7. The molecule has 0 fully saturated rings. The molecule has 0 saturated carbocycles. The zero-order chi connectivity index (χ0) is 17.9. The Balaban J connectivity index is 2.42. The number of sulfonamides is 1. The molecule has 130 valence electrons. The average molecular weight is 394 g/mol. The highest BCUT2D eigenvalue weighted by Gasteiger charge is 2.26. The summed E-state index contributed by atoms with van der Waals surface area (Å²) >= 11 is 2.15. The van der Waals surface area contributed by atoms with E-state index in [0.717, 1.165) is 23.5 Å². The Morgan fingerprint density at radius 2 is 2.12 bits per heavy atom. The van der Waals surface area contributed by atoms with Crippen molar-refractivity contribution in [1.82, 2.24) is 4.98 Å². The quantitative estimate of drug-likeness (QED) is 0.599. The number of esters is 1. The number of aromatic nitrogens is 1. The topological polar surface area (TPSA) is 85.4 Å². The highest BCUT2D eigenvalue weighted by molar-refractivity contribution is 8.00. The maximum absolute atomic E-state index is 13.7. The van der Waals surface area contributed by atoms with Gasteiger partial charge in [-0.15, -0.1) is 0 Å². The van der Waals surface area contributed by atoms with Crippen molar-refractivity contribution in [3.8, 4) is 0 Å². The Labute approximate surface area is 145 Å². The molecule has 2 rings (SSSR count). The Kier molecular flexibility index (Phi) is 5.78. The molecule has 0 aliphatic carbocycles. The molecule has 0 radical (unpaired) electrons. The zero-order valence-corrected chi connectivity index (χ0v) is 14.9. The van der Waals surface area contributed by atoms with Gasteiger partial charge in [-0.25, -0.2) is 27.0 Å². The van der Waals surface area contributed by atoms with Gasteiger partial charge in [-0.3, -0.25) is 4.72 Å². The smallest absolute Gasteiger partial charge is 0.352 e. The van der Waals surface area contributed by atoms with Crippen molar-refractivity contribution >= 4 is 44.9 Å². The number of benzene rings is 1.